The fourth-order valence-corrected chi connectivity index (χ4v) is 1.98. The van der Waals surface area contributed by atoms with E-state index in [4.69, 9.17) is 4.74 Å². The molecule has 7 heteroatoms. The van der Waals surface area contributed by atoms with E-state index in [1.807, 2.05) is 24.0 Å². The van der Waals surface area contributed by atoms with Gasteiger partial charge >= 0.3 is 6.03 Å². The summed E-state index contributed by atoms with van der Waals surface area (Å²) in [6.07, 6.45) is 0. The van der Waals surface area contributed by atoms with Gasteiger partial charge in [-0.3, -0.25) is 10.1 Å². The summed E-state index contributed by atoms with van der Waals surface area (Å²) in [5, 5.41) is 5.13. The van der Waals surface area contributed by atoms with Crippen molar-refractivity contribution in [2.75, 3.05) is 33.4 Å². The molecule has 0 aromatic heterocycles. The van der Waals surface area contributed by atoms with Gasteiger partial charge in [0.05, 0.1) is 13.2 Å². The molecule has 1 aromatic carbocycles. The SMILES string of the molecule is CNC(=O)/N=C(/NC(=O)c1ccc(C)cc1)N1CCOCC1. The predicted molar refractivity (Wildman–Crippen MR) is 82.9 cm³/mol. The van der Waals surface area contributed by atoms with Crippen LogP contribution >= 0.6 is 0 Å². The summed E-state index contributed by atoms with van der Waals surface area (Å²) < 4.78 is 5.27. The lowest BCUT2D eigenvalue weighted by atomic mass is 10.1. The molecule has 0 bridgehead atoms. The number of nitrogens with zero attached hydrogens (tertiary/aromatic N) is 2. The molecule has 0 aliphatic carbocycles. The maximum atomic E-state index is 12.3. The first-order chi connectivity index (χ1) is 10.6. The quantitative estimate of drug-likeness (QED) is 0.592. The molecule has 1 aliphatic rings. The van der Waals surface area contributed by atoms with Crippen LogP contribution < -0.4 is 10.6 Å². The Morgan fingerprint density at radius 2 is 1.82 bits per heavy atom. The first kappa shape index (κ1) is 16.0. The van der Waals surface area contributed by atoms with E-state index in [9.17, 15) is 9.59 Å². The average Bonchev–Trinajstić information content (AvgIpc) is 2.55. The lowest BCUT2D eigenvalue weighted by Crippen LogP contribution is -2.49. The molecule has 0 spiro atoms. The van der Waals surface area contributed by atoms with Gasteiger partial charge in [-0.25, -0.2) is 4.79 Å². The summed E-state index contributed by atoms with van der Waals surface area (Å²) >= 11 is 0. The Morgan fingerprint density at radius 1 is 1.18 bits per heavy atom. The molecule has 1 saturated heterocycles. The number of amides is 3. The Hall–Kier alpha value is -2.41. The van der Waals surface area contributed by atoms with Gasteiger partial charge in [0.1, 0.15) is 0 Å². The number of benzene rings is 1. The molecule has 0 unspecified atom stereocenters. The maximum absolute atomic E-state index is 12.3. The van der Waals surface area contributed by atoms with Crippen LogP contribution in [0.2, 0.25) is 0 Å². The second kappa shape index (κ2) is 7.56. The number of urea groups is 1. The van der Waals surface area contributed by atoms with Gasteiger partial charge in [0.25, 0.3) is 5.91 Å². The van der Waals surface area contributed by atoms with Crippen molar-refractivity contribution in [3.05, 3.63) is 35.4 Å². The average molecular weight is 304 g/mol. The van der Waals surface area contributed by atoms with E-state index in [1.54, 1.807) is 12.1 Å². The summed E-state index contributed by atoms with van der Waals surface area (Å²) in [5.41, 5.74) is 1.59. The van der Waals surface area contributed by atoms with Crippen molar-refractivity contribution in [1.82, 2.24) is 15.5 Å². The van der Waals surface area contributed by atoms with Gasteiger partial charge in [-0.2, -0.15) is 4.99 Å². The fourth-order valence-electron chi connectivity index (χ4n) is 1.98. The molecule has 2 N–H and O–H groups in total. The lowest BCUT2D eigenvalue weighted by molar-refractivity contribution is 0.0657. The lowest BCUT2D eigenvalue weighted by Gasteiger charge is -2.29. The molecular formula is C15H20N4O3. The topological polar surface area (TPSA) is 83.0 Å². The molecular weight excluding hydrogens is 284 g/mol. The largest absolute Gasteiger partial charge is 0.378 e. The fraction of sp³-hybridized carbons (Fsp3) is 0.400. The third kappa shape index (κ3) is 4.29. The highest BCUT2D eigenvalue weighted by Gasteiger charge is 2.19. The van der Waals surface area contributed by atoms with E-state index in [2.05, 4.69) is 15.6 Å². The van der Waals surface area contributed by atoms with Crippen molar-refractivity contribution in [2.45, 2.75) is 6.92 Å². The minimum Gasteiger partial charge on any atom is -0.378 e. The van der Waals surface area contributed by atoms with E-state index < -0.39 is 6.03 Å². The van der Waals surface area contributed by atoms with Crippen LogP contribution in [0.5, 0.6) is 0 Å². The second-order valence-electron chi connectivity index (χ2n) is 4.91. The molecule has 22 heavy (non-hydrogen) atoms. The molecule has 7 nitrogen and oxygen atoms in total. The number of ether oxygens (including phenoxy) is 1. The van der Waals surface area contributed by atoms with Crippen LogP contribution in [0.4, 0.5) is 4.79 Å². The zero-order valence-corrected chi connectivity index (χ0v) is 12.8. The van der Waals surface area contributed by atoms with Crippen molar-refractivity contribution in [3.63, 3.8) is 0 Å². The van der Waals surface area contributed by atoms with E-state index in [-0.39, 0.29) is 11.9 Å². The number of morpholine rings is 1. The summed E-state index contributed by atoms with van der Waals surface area (Å²) in [4.78, 5) is 29.5. The molecule has 118 valence electrons. The molecule has 0 saturated carbocycles. The third-order valence-corrected chi connectivity index (χ3v) is 3.27. The Bertz CT molecular complexity index is 563. The van der Waals surface area contributed by atoms with Crippen LogP contribution in [0, 0.1) is 6.92 Å². The summed E-state index contributed by atoms with van der Waals surface area (Å²) in [6, 6.07) is 6.69. The molecule has 1 aromatic rings. The summed E-state index contributed by atoms with van der Waals surface area (Å²) in [7, 11) is 1.49. The van der Waals surface area contributed by atoms with Gasteiger partial charge in [-0.05, 0) is 19.1 Å². The van der Waals surface area contributed by atoms with Crippen molar-refractivity contribution >= 4 is 17.9 Å². The number of rotatable bonds is 1. The van der Waals surface area contributed by atoms with Crippen LogP contribution in [0.15, 0.2) is 29.3 Å². The summed E-state index contributed by atoms with van der Waals surface area (Å²) in [6.45, 7) is 4.17. The molecule has 3 amide bonds. The number of hydrogen-bond donors (Lipinski definition) is 2. The Balaban J connectivity index is 2.14. The zero-order valence-electron chi connectivity index (χ0n) is 12.8. The van der Waals surface area contributed by atoms with Crippen LogP contribution in [0.25, 0.3) is 0 Å². The minimum atomic E-state index is -0.509. The van der Waals surface area contributed by atoms with Gasteiger partial charge in [0.2, 0.25) is 5.96 Å². The van der Waals surface area contributed by atoms with Gasteiger partial charge in [0.15, 0.2) is 0 Å². The number of hydrogen-bond acceptors (Lipinski definition) is 3. The molecule has 2 rings (SSSR count). The van der Waals surface area contributed by atoms with Gasteiger partial charge < -0.3 is 15.0 Å². The summed E-state index contributed by atoms with van der Waals surface area (Å²) in [5.74, 6) is -0.0534. The molecule has 1 heterocycles. The van der Waals surface area contributed by atoms with Gasteiger partial charge in [-0.15, -0.1) is 0 Å². The molecule has 1 fully saturated rings. The minimum absolute atomic E-state index is 0.244. The number of nitrogens with one attached hydrogen (secondary N) is 2. The van der Waals surface area contributed by atoms with Crippen LogP contribution in [0.3, 0.4) is 0 Å². The molecule has 0 atom stereocenters. The molecule has 0 radical (unpaired) electrons. The Morgan fingerprint density at radius 3 is 2.41 bits per heavy atom. The number of aliphatic imine (C=N–C) groups is 1. The highest BCUT2D eigenvalue weighted by Crippen LogP contribution is 2.04. The zero-order chi connectivity index (χ0) is 15.9. The first-order valence-electron chi connectivity index (χ1n) is 7.11. The van der Waals surface area contributed by atoms with Crippen LogP contribution in [-0.4, -0.2) is 56.1 Å². The van der Waals surface area contributed by atoms with Crippen molar-refractivity contribution < 1.29 is 14.3 Å². The predicted octanol–water partition coefficient (Wildman–Crippen LogP) is 0.752. The van der Waals surface area contributed by atoms with Crippen LogP contribution in [-0.2, 0) is 4.74 Å². The Kier molecular flexibility index (Phi) is 5.48. The smallest absolute Gasteiger partial charge is 0.343 e. The second-order valence-corrected chi connectivity index (χ2v) is 4.91. The van der Waals surface area contributed by atoms with Crippen molar-refractivity contribution in [1.29, 1.82) is 0 Å². The first-order valence-corrected chi connectivity index (χ1v) is 7.11. The number of carbonyl (C=O) groups excluding carboxylic acids is 2. The van der Waals surface area contributed by atoms with E-state index in [0.717, 1.165) is 5.56 Å². The third-order valence-electron chi connectivity index (χ3n) is 3.27. The van der Waals surface area contributed by atoms with E-state index >= 15 is 0 Å². The normalized spacial score (nSPS) is 15.4. The highest BCUT2D eigenvalue weighted by molar-refractivity contribution is 6.08. The maximum Gasteiger partial charge on any atom is 0.343 e. The number of aryl methyl sites for hydroxylation is 1. The van der Waals surface area contributed by atoms with E-state index in [1.165, 1.54) is 7.05 Å². The van der Waals surface area contributed by atoms with Gasteiger partial charge in [0, 0.05) is 25.7 Å². The Labute approximate surface area is 129 Å². The number of carbonyl (C=O) groups is 2. The monoisotopic (exact) mass is 304 g/mol. The molecule has 1 aliphatic heterocycles. The van der Waals surface area contributed by atoms with Crippen molar-refractivity contribution in [3.8, 4) is 0 Å². The van der Waals surface area contributed by atoms with Gasteiger partial charge in [-0.1, -0.05) is 17.7 Å². The highest BCUT2D eigenvalue weighted by atomic mass is 16.5. The van der Waals surface area contributed by atoms with Crippen molar-refractivity contribution in [2.24, 2.45) is 4.99 Å². The van der Waals surface area contributed by atoms with E-state index in [0.29, 0.717) is 31.9 Å². The number of guanidine groups is 1. The van der Waals surface area contributed by atoms with Crippen LogP contribution in [0.1, 0.15) is 15.9 Å². The standard InChI is InChI=1S/C15H20N4O3/c1-11-3-5-12(6-4-11)13(20)17-14(18-15(21)16-2)19-7-9-22-10-8-19/h3-6H,7-10H2,1-2H3,(H2,16,17,18,20,21).